The quantitative estimate of drug-likeness (QED) is 0.625. The van der Waals surface area contributed by atoms with E-state index in [0.29, 0.717) is 12.1 Å². The zero-order chi connectivity index (χ0) is 9.26. The van der Waals surface area contributed by atoms with Gasteiger partial charge in [0.15, 0.2) is 6.29 Å². The van der Waals surface area contributed by atoms with Crippen molar-refractivity contribution in [2.24, 2.45) is 0 Å². The second kappa shape index (κ2) is 2.93. The Morgan fingerprint density at radius 1 is 1.62 bits per heavy atom. The largest absolute Gasteiger partial charge is 0.294 e. The van der Waals surface area contributed by atoms with Crippen LogP contribution in [0, 0.1) is 0 Å². The van der Waals surface area contributed by atoms with Crippen molar-refractivity contribution in [3.05, 3.63) is 23.8 Å². The van der Waals surface area contributed by atoms with Gasteiger partial charge in [0.2, 0.25) is 5.82 Å². The van der Waals surface area contributed by atoms with E-state index >= 15 is 0 Å². The number of rotatable bonds is 2. The van der Waals surface area contributed by atoms with E-state index in [2.05, 4.69) is 15.1 Å². The first-order valence-corrected chi connectivity index (χ1v) is 4.00. The van der Waals surface area contributed by atoms with Gasteiger partial charge in [-0.1, -0.05) is 6.92 Å². The van der Waals surface area contributed by atoms with Crippen LogP contribution < -0.4 is 0 Å². The van der Waals surface area contributed by atoms with Crippen LogP contribution >= 0.6 is 0 Å². The smallest absolute Gasteiger partial charge is 0.252 e. The highest BCUT2D eigenvalue weighted by Gasteiger charge is 2.02. The average Bonchev–Trinajstić information content (AvgIpc) is 2.58. The van der Waals surface area contributed by atoms with Gasteiger partial charge < -0.3 is 0 Å². The maximum Gasteiger partial charge on any atom is 0.252 e. The third-order valence-electron chi connectivity index (χ3n) is 1.78. The molecule has 2 heterocycles. The summed E-state index contributed by atoms with van der Waals surface area (Å²) in [5.41, 5.74) is 1.06. The van der Waals surface area contributed by atoms with Gasteiger partial charge >= 0.3 is 0 Å². The molecule has 2 aromatic heterocycles. The molecule has 0 saturated carbocycles. The maximum absolute atomic E-state index is 10.4. The zero-order valence-electron chi connectivity index (χ0n) is 7.14. The van der Waals surface area contributed by atoms with Crippen LogP contribution in [0.3, 0.4) is 0 Å². The normalized spacial score (nSPS) is 10.5. The Labute approximate surface area is 74.4 Å². The summed E-state index contributed by atoms with van der Waals surface area (Å²) < 4.78 is 1.52. The Morgan fingerprint density at radius 2 is 2.46 bits per heavy atom. The molecule has 0 unspecified atom stereocenters. The monoisotopic (exact) mass is 176 g/mol. The molecule has 0 aliphatic heterocycles. The van der Waals surface area contributed by atoms with Gasteiger partial charge in [-0.3, -0.25) is 4.79 Å². The lowest BCUT2D eigenvalue weighted by atomic mass is 10.3. The van der Waals surface area contributed by atoms with Crippen molar-refractivity contribution in [2.45, 2.75) is 13.3 Å². The number of fused-ring (bicyclic) bond motifs is 1. The lowest BCUT2D eigenvalue weighted by molar-refractivity contribution is 0.111. The number of hydrogen-bond donors (Lipinski definition) is 0. The van der Waals surface area contributed by atoms with Crippen LogP contribution in [0.15, 0.2) is 12.4 Å². The van der Waals surface area contributed by atoms with E-state index in [1.807, 2.05) is 13.1 Å². The Kier molecular flexibility index (Phi) is 1.77. The van der Waals surface area contributed by atoms with Crippen molar-refractivity contribution >= 4 is 12.1 Å². The molecule has 5 nitrogen and oxygen atoms in total. The van der Waals surface area contributed by atoms with Crippen molar-refractivity contribution in [2.75, 3.05) is 0 Å². The molecule has 13 heavy (non-hydrogen) atoms. The zero-order valence-corrected chi connectivity index (χ0v) is 7.14. The van der Waals surface area contributed by atoms with E-state index in [1.165, 1.54) is 4.52 Å². The number of nitrogens with zero attached hydrogens (tertiary/aromatic N) is 4. The molecule has 0 N–H and O–H groups in total. The number of aldehydes is 1. The van der Waals surface area contributed by atoms with E-state index in [9.17, 15) is 4.79 Å². The Morgan fingerprint density at radius 3 is 3.15 bits per heavy atom. The van der Waals surface area contributed by atoms with Crippen molar-refractivity contribution in [1.29, 1.82) is 0 Å². The van der Waals surface area contributed by atoms with E-state index < -0.39 is 0 Å². The van der Waals surface area contributed by atoms with E-state index in [-0.39, 0.29) is 5.82 Å². The van der Waals surface area contributed by atoms with E-state index in [0.717, 1.165) is 12.0 Å². The molecule has 2 aromatic rings. The fourth-order valence-corrected chi connectivity index (χ4v) is 1.07. The predicted molar refractivity (Wildman–Crippen MR) is 45.5 cm³/mol. The van der Waals surface area contributed by atoms with Crippen molar-refractivity contribution in [1.82, 2.24) is 19.6 Å². The lowest BCUT2D eigenvalue weighted by Gasteiger charge is -1.94. The summed E-state index contributed by atoms with van der Waals surface area (Å²) in [4.78, 5) is 18.3. The molecule has 0 radical (unpaired) electrons. The first-order chi connectivity index (χ1) is 6.33. The van der Waals surface area contributed by atoms with Crippen LogP contribution in [0.1, 0.15) is 23.1 Å². The first-order valence-electron chi connectivity index (χ1n) is 4.00. The molecular weight excluding hydrogens is 168 g/mol. The standard InChI is InChI=1S/C8H8N4O/c1-2-6-3-9-8-10-7(5-13)11-12(8)4-6/h3-5H,2H2,1H3. The third kappa shape index (κ3) is 1.28. The molecule has 0 amide bonds. The highest BCUT2D eigenvalue weighted by molar-refractivity contribution is 5.69. The summed E-state index contributed by atoms with van der Waals surface area (Å²) in [6.45, 7) is 2.03. The molecule has 0 bridgehead atoms. The van der Waals surface area contributed by atoms with Crippen molar-refractivity contribution < 1.29 is 4.79 Å². The van der Waals surface area contributed by atoms with Crippen LogP contribution in [0.25, 0.3) is 5.78 Å². The summed E-state index contributed by atoms with van der Waals surface area (Å²) in [6.07, 6.45) is 5.06. The van der Waals surface area contributed by atoms with Crippen molar-refractivity contribution in [3.63, 3.8) is 0 Å². The molecule has 66 valence electrons. The van der Waals surface area contributed by atoms with Crippen LogP contribution in [-0.4, -0.2) is 25.9 Å². The van der Waals surface area contributed by atoms with Gasteiger partial charge in [-0.15, -0.1) is 5.10 Å². The summed E-state index contributed by atoms with van der Waals surface area (Å²) in [6, 6.07) is 0. The number of aromatic nitrogens is 4. The topological polar surface area (TPSA) is 60.2 Å². The molecule has 0 saturated heterocycles. The molecule has 0 aliphatic carbocycles. The highest BCUT2D eigenvalue weighted by atomic mass is 16.1. The summed E-state index contributed by atoms with van der Waals surface area (Å²) >= 11 is 0. The summed E-state index contributed by atoms with van der Waals surface area (Å²) in [5.74, 6) is 0.625. The molecule has 5 heteroatoms. The van der Waals surface area contributed by atoms with Crippen LogP contribution in [-0.2, 0) is 6.42 Å². The average molecular weight is 176 g/mol. The van der Waals surface area contributed by atoms with Gasteiger partial charge in [-0.2, -0.15) is 4.98 Å². The second-order valence-electron chi connectivity index (χ2n) is 2.65. The van der Waals surface area contributed by atoms with Gasteiger partial charge in [0.1, 0.15) is 0 Å². The maximum atomic E-state index is 10.4. The number of hydrogen-bond acceptors (Lipinski definition) is 4. The SMILES string of the molecule is CCc1cnc2nc(C=O)nn2c1. The predicted octanol–water partition coefficient (Wildman–Crippen LogP) is 0.499. The lowest BCUT2D eigenvalue weighted by Crippen LogP contribution is -1.93. The minimum absolute atomic E-state index is 0.167. The number of carbonyl (C=O) groups excluding carboxylic acids is 1. The van der Waals surface area contributed by atoms with Crippen LogP contribution in [0.4, 0.5) is 0 Å². The summed E-state index contributed by atoms with van der Waals surface area (Å²) in [7, 11) is 0. The van der Waals surface area contributed by atoms with Gasteiger partial charge in [-0.05, 0) is 12.0 Å². The van der Waals surface area contributed by atoms with Gasteiger partial charge in [0.25, 0.3) is 5.78 Å². The molecule has 0 aliphatic rings. The van der Waals surface area contributed by atoms with Gasteiger partial charge in [0, 0.05) is 12.4 Å². The third-order valence-corrected chi connectivity index (χ3v) is 1.78. The van der Waals surface area contributed by atoms with Gasteiger partial charge in [-0.25, -0.2) is 9.50 Å². The Balaban J connectivity index is 2.63. The molecule has 0 aromatic carbocycles. The minimum Gasteiger partial charge on any atom is -0.294 e. The van der Waals surface area contributed by atoms with E-state index in [1.54, 1.807) is 6.20 Å². The fraction of sp³-hybridized carbons (Fsp3) is 0.250. The number of aryl methyl sites for hydroxylation is 1. The Bertz CT molecular complexity index is 448. The summed E-state index contributed by atoms with van der Waals surface area (Å²) in [5, 5.41) is 3.91. The molecule has 2 rings (SSSR count). The first kappa shape index (κ1) is 7.85. The number of carbonyl (C=O) groups is 1. The molecule has 0 spiro atoms. The fourth-order valence-electron chi connectivity index (χ4n) is 1.07. The van der Waals surface area contributed by atoms with E-state index in [4.69, 9.17) is 0 Å². The van der Waals surface area contributed by atoms with Crippen LogP contribution in [0.5, 0.6) is 0 Å². The Hall–Kier alpha value is -1.78. The van der Waals surface area contributed by atoms with Crippen molar-refractivity contribution in [3.8, 4) is 0 Å². The molecule has 0 atom stereocenters. The molecule has 0 fully saturated rings. The highest BCUT2D eigenvalue weighted by Crippen LogP contribution is 2.00. The minimum atomic E-state index is 0.167. The molecular formula is C8H8N4O. The van der Waals surface area contributed by atoms with Crippen LogP contribution in [0.2, 0.25) is 0 Å². The second-order valence-corrected chi connectivity index (χ2v) is 2.65. The van der Waals surface area contributed by atoms with Gasteiger partial charge in [0.05, 0.1) is 0 Å².